The summed E-state index contributed by atoms with van der Waals surface area (Å²) in [6.45, 7) is 0. The lowest BCUT2D eigenvalue weighted by molar-refractivity contribution is 0.419. The first-order valence-electron chi connectivity index (χ1n) is 6.37. The Morgan fingerprint density at radius 3 is 2.53 bits per heavy atom. The van der Waals surface area contributed by atoms with E-state index in [1.54, 1.807) is 0 Å². The van der Waals surface area contributed by atoms with Gasteiger partial charge in [0, 0.05) is 21.0 Å². The van der Waals surface area contributed by atoms with Crippen LogP contribution in [0.4, 0.5) is 17.5 Å². The molecule has 0 spiro atoms. The lowest BCUT2D eigenvalue weighted by atomic mass is 9.81. The largest absolute Gasteiger partial charge is 0.383 e. The highest BCUT2D eigenvalue weighted by Gasteiger charge is 2.22. The normalized spacial score (nSPS) is 15.0. The minimum atomic E-state index is 0.557. The van der Waals surface area contributed by atoms with Gasteiger partial charge in [-0.05, 0) is 65.6 Å². The summed E-state index contributed by atoms with van der Waals surface area (Å²) < 4.78 is 1.20. The number of rotatable bonds is 3. The van der Waals surface area contributed by atoms with E-state index in [2.05, 4.69) is 37.9 Å². The van der Waals surface area contributed by atoms with E-state index in [0.29, 0.717) is 17.7 Å². The lowest BCUT2D eigenvalue weighted by Gasteiger charge is -2.26. The van der Waals surface area contributed by atoms with Crippen molar-refractivity contribution in [2.75, 3.05) is 11.1 Å². The van der Waals surface area contributed by atoms with E-state index in [4.69, 9.17) is 5.73 Å². The lowest BCUT2D eigenvalue weighted by Crippen LogP contribution is -2.13. The van der Waals surface area contributed by atoms with Crippen molar-refractivity contribution in [3.05, 3.63) is 39.6 Å². The molecule has 1 heterocycles. The van der Waals surface area contributed by atoms with Gasteiger partial charge in [0.15, 0.2) is 0 Å². The molecule has 1 aromatic heterocycles. The minimum absolute atomic E-state index is 0.557. The molecule has 2 aromatic rings. The minimum Gasteiger partial charge on any atom is -0.383 e. The second kappa shape index (κ2) is 5.32. The fourth-order valence-electron chi connectivity index (χ4n) is 2.16. The van der Waals surface area contributed by atoms with Crippen LogP contribution in [0.1, 0.15) is 30.7 Å². The predicted molar refractivity (Wildman–Crippen MR) is 85.5 cm³/mol. The van der Waals surface area contributed by atoms with Crippen LogP contribution in [0.2, 0.25) is 0 Å². The molecule has 1 saturated carbocycles. The van der Waals surface area contributed by atoms with Crippen LogP contribution in [0, 0.1) is 3.57 Å². The van der Waals surface area contributed by atoms with Crippen molar-refractivity contribution in [2.45, 2.75) is 25.2 Å². The number of hydrogen-bond acceptors (Lipinski definition) is 4. The Labute approximate surface area is 126 Å². The SMILES string of the molecule is Nc1nc(Nc2ccc(I)cc2)ncc1C1CCC1. The van der Waals surface area contributed by atoms with E-state index in [1.807, 2.05) is 30.5 Å². The molecule has 0 unspecified atom stereocenters. The van der Waals surface area contributed by atoms with Crippen LogP contribution < -0.4 is 11.1 Å². The summed E-state index contributed by atoms with van der Waals surface area (Å²) in [5, 5.41) is 3.17. The zero-order valence-electron chi connectivity index (χ0n) is 10.4. The summed E-state index contributed by atoms with van der Waals surface area (Å²) in [6.07, 6.45) is 5.56. The van der Waals surface area contributed by atoms with Crippen LogP contribution in [0.5, 0.6) is 0 Å². The van der Waals surface area contributed by atoms with E-state index in [-0.39, 0.29) is 0 Å². The summed E-state index contributed by atoms with van der Waals surface area (Å²) in [4.78, 5) is 8.70. The predicted octanol–water partition coefficient (Wildman–Crippen LogP) is 3.67. The Morgan fingerprint density at radius 1 is 1.21 bits per heavy atom. The van der Waals surface area contributed by atoms with Crippen LogP contribution in [-0.2, 0) is 0 Å². The first-order chi connectivity index (χ1) is 9.22. The zero-order chi connectivity index (χ0) is 13.2. The van der Waals surface area contributed by atoms with Crippen molar-refractivity contribution >= 4 is 40.0 Å². The van der Waals surface area contributed by atoms with Gasteiger partial charge in [-0.15, -0.1) is 0 Å². The van der Waals surface area contributed by atoms with Crippen LogP contribution in [0.25, 0.3) is 0 Å². The molecule has 0 aliphatic heterocycles. The molecule has 98 valence electrons. The molecule has 0 bridgehead atoms. The van der Waals surface area contributed by atoms with Crippen LogP contribution in [0.3, 0.4) is 0 Å². The average Bonchev–Trinajstić information content (AvgIpc) is 2.33. The van der Waals surface area contributed by atoms with Crippen molar-refractivity contribution in [2.24, 2.45) is 0 Å². The Hall–Kier alpha value is -1.37. The van der Waals surface area contributed by atoms with E-state index in [0.717, 1.165) is 11.3 Å². The molecule has 0 radical (unpaired) electrons. The smallest absolute Gasteiger partial charge is 0.229 e. The first-order valence-corrected chi connectivity index (χ1v) is 7.45. The monoisotopic (exact) mass is 366 g/mol. The van der Waals surface area contributed by atoms with E-state index < -0.39 is 0 Å². The van der Waals surface area contributed by atoms with Gasteiger partial charge in [-0.2, -0.15) is 4.98 Å². The Bertz CT molecular complexity index is 578. The van der Waals surface area contributed by atoms with Gasteiger partial charge in [0.25, 0.3) is 0 Å². The Morgan fingerprint density at radius 2 is 1.95 bits per heavy atom. The number of nitrogens with one attached hydrogen (secondary N) is 1. The molecule has 0 atom stereocenters. The molecule has 4 nitrogen and oxygen atoms in total. The number of hydrogen-bond donors (Lipinski definition) is 2. The maximum Gasteiger partial charge on any atom is 0.229 e. The molecule has 19 heavy (non-hydrogen) atoms. The molecule has 1 aliphatic rings. The van der Waals surface area contributed by atoms with E-state index >= 15 is 0 Å². The highest BCUT2D eigenvalue weighted by molar-refractivity contribution is 14.1. The van der Waals surface area contributed by atoms with Gasteiger partial charge >= 0.3 is 0 Å². The third kappa shape index (κ3) is 2.80. The van der Waals surface area contributed by atoms with Crippen LogP contribution in [0.15, 0.2) is 30.5 Å². The van der Waals surface area contributed by atoms with Gasteiger partial charge in [-0.1, -0.05) is 6.42 Å². The number of aromatic nitrogens is 2. The number of nitrogen functional groups attached to an aromatic ring is 1. The summed E-state index contributed by atoms with van der Waals surface area (Å²) >= 11 is 2.28. The fourth-order valence-corrected chi connectivity index (χ4v) is 2.52. The van der Waals surface area contributed by atoms with Gasteiger partial charge in [-0.3, -0.25) is 0 Å². The molecule has 3 N–H and O–H groups in total. The van der Waals surface area contributed by atoms with Gasteiger partial charge in [0.2, 0.25) is 5.95 Å². The molecule has 5 heteroatoms. The average molecular weight is 366 g/mol. The van der Waals surface area contributed by atoms with E-state index in [9.17, 15) is 0 Å². The number of benzene rings is 1. The van der Waals surface area contributed by atoms with E-state index in [1.165, 1.54) is 22.8 Å². The maximum atomic E-state index is 6.02. The number of halogens is 1. The second-order valence-electron chi connectivity index (χ2n) is 4.79. The second-order valence-corrected chi connectivity index (χ2v) is 6.04. The molecular weight excluding hydrogens is 351 g/mol. The standard InChI is InChI=1S/C14H15IN4/c15-10-4-6-11(7-5-10)18-14-17-8-12(13(16)19-14)9-2-1-3-9/h4-9H,1-3H2,(H3,16,17,18,19). The van der Waals surface area contributed by atoms with Crippen molar-refractivity contribution < 1.29 is 0 Å². The quantitative estimate of drug-likeness (QED) is 0.814. The number of nitrogens with two attached hydrogens (primary N) is 1. The molecule has 0 amide bonds. The third-order valence-electron chi connectivity index (χ3n) is 3.49. The highest BCUT2D eigenvalue weighted by atomic mass is 127. The molecule has 1 aromatic carbocycles. The molecule has 1 fully saturated rings. The number of anilines is 3. The van der Waals surface area contributed by atoms with Crippen molar-refractivity contribution in [1.29, 1.82) is 0 Å². The summed E-state index contributed by atoms with van der Waals surface area (Å²) in [6, 6.07) is 8.08. The summed E-state index contributed by atoms with van der Waals surface area (Å²) in [5.74, 6) is 1.72. The first kappa shape index (κ1) is 12.7. The maximum absolute atomic E-state index is 6.02. The molecular formula is C14H15IN4. The fraction of sp³-hybridized carbons (Fsp3) is 0.286. The highest BCUT2D eigenvalue weighted by Crippen LogP contribution is 2.38. The molecule has 0 saturated heterocycles. The van der Waals surface area contributed by atoms with Crippen molar-refractivity contribution in [3.8, 4) is 0 Å². The number of nitrogens with zero attached hydrogens (tertiary/aromatic N) is 2. The van der Waals surface area contributed by atoms with Gasteiger partial charge in [0.05, 0.1) is 0 Å². The summed E-state index contributed by atoms with van der Waals surface area (Å²) in [5.41, 5.74) is 8.08. The molecule has 1 aliphatic carbocycles. The van der Waals surface area contributed by atoms with Crippen molar-refractivity contribution in [1.82, 2.24) is 9.97 Å². The topological polar surface area (TPSA) is 63.8 Å². The van der Waals surface area contributed by atoms with Gasteiger partial charge < -0.3 is 11.1 Å². The molecule has 3 rings (SSSR count). The van der Waals surface area contributed by atoms with Gasteiger partial charge in [-0.25, -0.2) is 4.98 Å². The Kier molecular flexibility index (Phi) is 3.54. The van der Waals surface area contributed by atoms with Crippen molar-refractivity contribution in [3.63, 3.8) is 0 Å². The van der Waals surface area contributed by atoms with Crippen LogP contribution in [-0.4, -0.2) is 9.97 Å². The Balaban J connectivity index is 1.78. The third-order valence-corrected chi connectivity index (χ3v) is 4.21. The zero-order valence-corrected chi connectivity index (χ0v) is 12.6. The summed E-state index contributed by atoms with van der Waals surface area (Å²) in [7, 11) is 0. The van der Waals surface area contributed by atoms with Gasteiger partial charge in [0.1, 0.15) is 5.82 Å². The van der Waals surface area contributed by atoms with Crippen LogP contribution >= 0.6 is 22.6 Å².